The van der Waals surface area contributed by atoms with Crippen LogP contribution >= 0.6 is 0 Å². The molecule has 1 atom stereocenters. The number of benzene rings is 2. The summed E-state index contributed by atoms with van der Waals surface area (Å²) in [6, 6.07) is 14.9. The molecule has 7 nitrogen and oxygen atoms in total. The first-order chi connectivity index (χ1) is 15.4. The SMILES string of the molecule is CCOc1ccccc1-c1nc(C(=O)NC(CC(=O)O)c2ccccc2F)ccc1OC. The molecule has 0 radical (unpaired) electrons. The van der Waals surface area contributed by atoms with Gasteiger partial charge in [-0.25, -0.2) is 9.37 Å². The predicted molar refractivity (Wildman–Crippen MR) is 116 cm³/mol. The molecule has 3 aromatic rings. The number of amides is 1. The number of aliphatic carboxylic acids is 1. The number of carbonyl (C=O) groups excluding carboxylic acids is 1. The van der Waals surface area contributed by atoms with Crippen LogP contribution in [-0.2, 0) is 4.79 Å². The first-order valence-corrected chi connectivity index (χ1v) is 9.98. The Balaban J connectivity index is 1.97. The largest absolute Gasteiger partial charge is 0.494 e. The molecule has 8 heteroatoms. The molecule has 0 fully saturated rings. The van der Waals surface area contributed by atoms with Crippen molar-refractivity contribution in [1.29, 1.82) is 0 Å². The molecule has 2 aromatic carbocycles. The smallest absolute Gasteiger partial charge is 0.305 e. The number of para-hydroxylation sites is 1. The van der Waals surface area contributed by atoms with Gasteiger partial charge in [0.15, 0.2) is 0 Å². The molecule has 0 saturated carbocycles. The Labute approximate surface area is 184 Å². The van der Waals surface area contributed by atoms with Crippen molar-refractivity contribution >= 4 is 11.9 Å². The number of ether oxygens (including phenoxy) is 2. The minimum atomic E-state index is -1.17. The van der Waals surface area contributed by atoms with Crippen LogP contribution in [0.3, 0.4) is 0 Å². The molecule has 32 heavy (non-hydrogen) atoms. The third-order valence-electron chi connectivity index (χ3n) is 4.72. The van der Waals surface area contributed by atoms with Gasteiger partial charge >= 0.3 is 5.97 Å². The van der Waals surface area contributed by atoms with Crippen LogP contribution in [0.4, 0.5) is 4.39 Å². The van der Waals surface area contributed by atoms with Gasteiger partial charge in [-0.15, -0.1) is 0 Å². The summed E-state index contributed by atoms with van der Waals surface area (Å²) in [5, 5.41) is 11.8. The molecule has 1 amide bonds. The van der Waals surface area contributed by atoms with Crippen molar-refractivity contribution in [2.45, 2.75) is 19.4 Å². The molecular formula is C24H23FN2O5. The lowest BCUT2D eigenvalue weighted by Gasteiger charge is -2.18. The molecule has 0 aliphatic heterocycles. The molecule has 3 rings (SSSR count). The zero-order chi connectivity index (χ0) is 23.1. The number of hydrogen-bond donors (Lipinski definition) is 2. The molecule has 0 bridgehead atoms. The van der Waals surface area contributed by atoms with Crippen molar-refractivity contribution in [1.82, 2.24) is 10.3 Å². The fourth-order valence-electron chi connectivity index (χ4n) is 3.28. The Hall–Kier alpha value is -3.94. The van der Waals surface area contributed by atoms with E-state index in [0.29, 0.717) is 29.4 Å². The maximum Gasteiger partial charge on any atom is 0.305 e. The highest BCUT2D eigenvalue weighted by atomic mass is 19.1. The van der Waals surface area contributed by atoms with Gasteiger partial charge in [0.05, 0.1) is 26.2 Å². The normalized spacial score (nSPS) is 11.5. The summed E-state index contributed by atoms with van der Waals surface area (Å²) in [7, 11) is 1.49. The minimum Gasteiger partial charge on any atom is -0.494 e. The number of aromatic nitrogens is 1. The minimum absolute atomic E-state index is 0.0267. The van der Waals surface area contributed by atoms with Crippen LogP contribution in [0.15, 0.2) is 60.7 Å². The van der Waals surface area contributed by atoms with Crippen molar-refractivity contribution in [3.05, 3.63) is 77.7 Å². The van der Waals surface area contributed by atoms with E-state index in [1.165, 1.54) is 31.4 Å². The Bertz CT molecular complexity index is 1120. The molecule has 1 heterocycles. The van der Waals surface area contributed by atoms with Gasteiger partial charge in [0.25, 0.3) is 5.91 Å². The Morgan fingerprint density at radius 1 is 1.06 bits per heavy atom. The first kappa shape index (κ1) is 22.7. The summed E-state index contributed by atoms with van der Waals surface area (Å²) in [4.78, 5) is 28.7. The molecule has 166 valence electrons. The van der Waals surface area contributed by atoms with Gasteiger partial charge in [0.1, 0.15) is 28.7 Å². The van der Waals surface area contributed by atoms with Crippen LogP contribution in [0, 0.1) is 5.82 Å². The molecule has 0 aliphatic rings. The van der Waals surface area contributed by atoms with E-state index in [1.807, 2.05) is 19.1 Å². The van der Waals surface area contributed by atoms with Crippen LogP contribution in [0.2, 0.25) is 0 Å². The second-order valence-electron chi connectivity index (χ2n) is 6.82. The topological polar surface area (TPSA) is 97.8 Å². The quantitative estimate of drug-likeness (QED) is 0.519. The van der Waals surface area contributed by atoms with E-state index >= 15 is 0 Å². The van der Waals surface area contributed by atoms with E-state index in [1.54, 1.807) is 24.3 Å². The van der Waals surface area contributed by atoms with Gasteiger partial charge < -0.3 is 19.9 Å². The van der Waals surface area contributed by atoms with E-state index in [-0.39, 0.29) is 11.3 Å². The number of pyridine rings is 1. The van der Waals surface area contributed by atoms with Gasteiger partial charge in [0.2, 0.25) is 0 Å². The van der Waals surface area contributed by atoms with Crippen molar-refractivity contribution in [3.8, 4) is 22.8 Å². The highest BCUT2D eigenvalue weighted by Crippen LogP contribution is 2.35. The predicted octanol–water partition coefficient (Wildman–Crippen LogP) is 4.24. The number of halogens is 1. The molecular weight excluding hydrogens is 415 g/mol. The summed E-state index contributed by atoms with van der Waals surface area (Å²) in [5.41, 5.74) is 1.14. The van der Waals surface area contributed by atoms with Gasteiger partial charge in [-0.2, -0.15) is 0 Å². The first-order valence-electron chi connectivity index (χ1n) is 9.98. The van der Waals surface area contributed by atoms with E-state index in [9.17, 15) is 19.1 Å². The number of carboxylic acids is 1. The maximum atomic E-state index is 14.3. The molecule has 1 aromatic heterocycles. The lowest BCUT2D eigenvalue weighted by molar-refractivity contribution is -0.137. The number of carbonyl (C=O) groups is 2. The summed E-state index contributed by atoms with van der Waals surface area (Å²) < 4.78 is 25.3. The van der Waals surface area contributed by atoms with Crippen molar-refractivity contribution in [2.75, 3.05) is 13.7 Å². The summed E-state index contributed by atoms with van der Waals surface area (Å²) in [6.07, 6.45) is -0.483. The van der Waals surface area contributed by atoms with E-state index in [2.05, 4.69) is 10.3 Å². The van der Waals surface area contributed by atoms with Crippen LogP contribution in [0.5, 0.6) is 11.5 Å². The lowest BCUT2D eigenvalue weighted by atomic mass is 10.0. The van der Waals surface area contributed by atoms with Crippen LogP contribution < -0.4 is 14.8 Å². The van der Waals surface area contributed by atoms with Gasteiger partial charge in [-0.3, -0.25) is 9.59 Å². The summed E-state index contributed by atoms with van der Waals surface area (Å²) in [5.74, 6) is -1.41. The number of hydrogen-bond acceptors (Lipinski definition) is 5. The standard InChI is InChI=1S/C24H23FN2O5/c1-3-32-20-11-7-5-9-16(20)23-21(31-2)13-12-18(26-23)24(30)27-19(14-22(28)29)15-8-4-6-10-17(15)25/h4-13,19H,3,14H2,1-2H3,(H,27,30)(H,28,29). The Morgan fingerprint density at radius 3 is 2.47 bits per heavy atom. The Kier molecular flexibility index (Phi) is 7.38. The maximum absolute atomic E-state index is 14.3. The number of methoxy groups -OCH3 is 1. The van der Waals surface area contributed by atoms with Crippen molar-refractivity contribution < 1.29 is 28.6 Å². The number of nitrogens with zero attached hydrogens (tertiary/aromatic N) is 1. The fourth-order valence-corrected chi connectivity index (χ4v) is 3.28. The van der Waals surface area contributed by atoms with Crippen molar-refractivity contribution in [3.63, 3.8) is 0 Å². The zero-order valence-electron chi connectivity index (χ0n) is 17.7. The van der Waals surface area contributed by atoms with Gasteiger partial charge in [0, 0.05) is 11.1 Å². The zero-order valence-corrected chi connectivity index (χ0v) is 17.7. The molecule has 1 unspecified atom stereocenters. The lowest BCUT2D eigenvalue weighted by Crippen LogP contribution is -2.31. The third-order valence-corrected chi connectivity index (χ3v) is 4.72. The van der Waals surface area contributed by atoms with E-state index < -0.39 is 30.2 Å². The molecule has 2 N–H and O–H groups in total. The highest BCUT2D eigenvalue weighted by molar-refractivity contribution is 5.94. The average molecular weight is 438 g/mol. The van der Waals surface area contributed by atoms with E-state index in [4.69, 9.17) is 9.47 Å². The number of carboxylic acid groups (broad SMARTS) is 1. The van der Waals surface area contributed by atoms with Crippen LogP contribution in [0.25, 0.3) is 11.3 Å². The Morgan fingerprint density at radius 2 is 1.78 bits per heavy atom. The van der Waals surface area contributed by atoms with Crippen LogP contribution in [0.1, 0.15) is 35.4 Å². The molecule has 0 spiro atoms. The summed E-state index contributed by atoms with van der Waals surface area (Å²) in [6.45, 7) is 2.30. The highest BCUT2D eigenvalue weighted by Gasteiger charge is 2.23. The number of nitrogens with one attached hydrogen (secondary N) is 1. The second kappa shape index (κ2) is 10.4. The van der Waals surface area contributed by atoms with E-state index in [0.717, 1.165) is 0 Å². The molecule has 0 saturated heterocycles. The average Bonchev–Trinajstić information content (AvgIpc) is 2.79. The summed E-state index contributed by atoms with van der Waals surface area (Å²) >= 11 is 0. The monoisotopic (exact) mass is 438 g/mol. The van der Waals surface area contributed by atoms with Gasteiger partial charge in [-0.1, -0.05) is 30.3 Å². The van der Waals surface area contributed by atoms with Crippen molar-refractivity contribution in [2.24, 2.45) is 0 Å². The third kappa shape index (κ3) is 5.21. The van der Waals surface area contributed by atoms with Crippen LogP contribution in [-0.4, -0.2) is 35.7 Å². The number of rotatable bonds is 9. The second-order valence-corrected chi connectivity index (χ2v) is 6.82. The van der Waals surface area contributed by atoms with Gasteiger partial charge in [-0.05, 0) is 37.3 Å². The fraction of sp³-hybridized carbons (Fsp3) is 0.208. The molecule has 0 aliphatic carbocycles.